The van der Waals surface area contributed by atoms with Crippen LogP contribution in [0.3, 0.4) is 0 Å². The molecule has 1 aromatic rings. The molecule has 18 heavy (non-hydrogen) atoms. The summed E-state index contributed by atoms with van der Waals surface area (Å²) in [5.41, 5.74) is 8.11. The smallest absolute Gasteiger partial charge is 0.163 e. The summed E-state index contributed by atoms with van der Waals surface area (Å²) in [6.45, 7) is 6.09. The number of Topliss-reactive ketones (excluding diaryl/α,β-unsaturated/α-hetero) is 1. The molecule has 0 aliphatic carbocycles. The van der Waals surface area contributed by atoms with E-state index in [1.807, 2.05) is 32.9 Å². The van der Waals surface area contributed by atoms with Gasteiger partial charge in [0.05, 0.1) is 0 Å². The van der Waals surface area contributed by atoms with Gasteiger partial charge in [0.25, 0.3) is 0 Å². The summed E-state index contributed by atoms with van der Waals surface area (Å²) in [6.07, 6.45) is 1.43. The highest BCUT2D eigenvalue weighted by Gasteiger charge is 2.12. The van der Waals surface area contributed by atoms with E-state index in [0.29, 0.717) is 11.4 Å². The van der Waals surface area contributed by atoms with Crippen LogP contribution in [-0.2, 0) is 0 Å². The molecule has 3 nitrogen and oxygen atoms in total. The van der Waals surface area contributed by atoms with E-state index >= 15 is 0 Å². The molecule has 0 aliphatic heterocycles. The number of nitrogens with two attached hydrogens (primary N) is 1. The Morgan fingerprint density at radius 1 is 1.33 bits per heavy atom. The van der Waals surface area contributed by atoms with Crippen LogP contribution in [0.2, 0.25) is 0 Å². The van der Waals surface area contributed by atoms with E-state index in [-0.39, 0.29) is 12.4 Å². The van der Waals surface area contributed by atoms with E-state index in [9.17, 15) is 4.79 Å². The van der Waals surface area contributed by atoms with E-state index in [0.717, 1.165) is 28.9 Å². The molecule has 0 bridgehead atoms. The van der Waals surface area contributed by atoms with E-state index < -0.39 is 0 Å². The number of rotatable bonds is 6. The third kappa shape index (κ3) is 3.53. The highest BCUT2D eigenvalue weighted by atomic mass is 32.1. The largest absolute Gasteiger partial charge is 0.486 e. The van der Waals surface area contributed by atoms with Crippen LogP contribution in [-0.4, -0.2) is 17.4 Å². The first kappa shape index (κ1) is 14.6. The lowest BCUT2D eigenvalue weighted by molar-refractivity contribution is 0.0981. The minimum absolute atomic E-state index is 0.180. The Labute approximate surface area is 113 Å². The number of ketones is 1. The molecule has 4 heteroatoms. The van der Waals surface area contributed by atoms with Crippen molar-refractivity contribution >= 4 is 23.0 Å². The number of thiocarbonyl (C=S) groups is 1. The van der Waals surface area contributed by atoms with E-state index in [4.69, 9.17) is 22.7 Å². The molecule has 0 saturated carbocycles. The normalized spacial score (nSPS) is 10.2. The number of hydrogen-bond donors (Lipinski definition) is 1. The van der Waals surface area contributed by atoms with Crippen LogP contribution in [0.15, 0.2) is 12.1 Å². The van der Waals surface area contributed by atoms with Crippen molar-refractivity contribution in [1.29, 1.82) is 0 Å². The molecule has 2 N–H and O–H groups in total. The van der Waals surface area contributed by atoms with Gasteiger partial charge in [0.15, 0.2) is 5.78 Å². The van der Waals surface area contributed by atoms with Gasteiger partial charge < -0.3 is 10.5 Å². The van der Waals surface area contributed by atoms with Gasteiger partial charge in [0.1, 0.15) is 17.3 Å². The van der Waals surface area contributed by atoms with Crippen molar-refractivity contribution in [2.24, 2.45) is 5.73 Å². The Morgan fingerprint density at radius 3 is 2.56 bits per heavy atom. The maximum absolute atomic E-state index is 11.9. The Hall–Kier alpha value is -1.42. The second-order valence-corrected chi connectivity index (χ2v) is 4.81. The van der Waals surface area contributed by atoms with E-state index in [2.05, 4.69) is 0 Å². The molecule has 1 rings (SSSR count). The van der Waals surface area contributed by atoms with Crippen molar-refractivity contribution in [3.05, 3.63) is 28.8 Å². The standard InChI is InChI=1S/C14H19NO2S/c1-4-5-12(16)11-6-7-13(10(3)9(11)2)17-8-14(15)18/h6-7H,4-5,8H2,1-3H3,(H2,15,18). The number of benzene rings is 1. The van der Waals surface area contributed by atoms with Gasteiger partial charge in [-0.3, -0.25) is 4.79 Å². The van der Waals surface area contributed by atoms with Gasteiger partial charge in [-0.15, -0.1) is 0 Å². The summed E-state index contributed by atoms with van der Waals surface area (Å²) in [7, 11) is 0. The minimum Gasteiger partial charge on any atom is -0.486 e. The zero-order chi connectivity index (χ0) is 13.7. The number of hydrogen-bond acceptors (Lipinski definition) is 3. The first-order valence-corrected chi connectivity index (χ1v) is 6.42. The minimum atomic E-state index is 0.180. The molecule has 98 valence electrons. The Bertz CT molecular complexity index is 469. The fourth-order valence-electron chi connectivity index (χ4n) is 1.76. The van der Waals surface area contributed by atoms with Crippen molar-refractivity contribution in [3.63, 3.8) is 0 Å². The van der Waals surface area contributed by atoms with Gasteiger partial charge in [0.2, 0.25) is 0 Å². The van der Waals surface area contributed by atoms with Gasteiger partial charge in [-0.1, -0.05) is 19.1 Å². The third-order valence-electron chi connectivity index (χ3n) is 2.88. The van der Waals surface area contributed by atoms with Gasteiger partial charge >= 0.3 is 0 Å². The monoisotopic (exact) mass is 265 g/mol. The number of carbonyl (C=O) groups is 1. The lowest BCUT2D eigenvalue weighted by Gasteiger charge is -2.13. The molecular weight excluding hydrogens is 246 g/mol. The number of ether oxygens (including phenoxy) is 1. The highest BCUT2D eigenvalue weighted by molar-refractivity contribution is 7.80. The second-order valence-electron chi connectivity index (χ2n) is 4.29. The van der Waals surface area contributed by atoms with Crippen molar-refractivity contribution in [2.75, 3.05) is 6.61 Å². The first-order chi connectivity index (χ1) is 8.47. The molecule has 0 amide bonds. The van der Waals surface area contributed by atoms with Crippen molar-refractivity contribution < 1.29 is 9.53 Å². The maximum Gasteiger partial charge on any atom is 0.163 e. The van der Waals surface area contributed by atoms with Crippen LogP contribution in [0.4, 0.5) is 0 Å². The van der Waals surface area contributed by atoms with Gasteiger partial charge in [0, 0.05) is 12.0 Å². The summed E-state index contributed by atoms with van der Waals surface area (Å²) in [6, 6.07) is 3.62. The van der Waals surface area contributed by atoms with Crippen molar-refractivity contribution in [2.45, 2.75) is 33.6 Å². The fraction of sp³-hybridized carbons (Fsp3) is 0.429. The first-order valence-electron chi connectivity index (χ1n) is 6.01. The van der Waals surface area contributed by atoms with Crippen LogP contribution in [0.1, 0.15) is 41.3 Å². The second kappa shape index (κ2) is 6.50. The molecule has 1 aromatic carbocycles. The Balaban J connectivity index is 2.97. The van der Waals surface area contributed by atoms with Crippen molar-refractivity contribution in [3.8, 4) is 5.75 Å². The SMILES string of the molecule is CCCC(=O)c1ccc(OCC(N)=S)c(C)c1C. The van der Waals surface area contributed by atoms with Gasteiger partial charge in [-0.2, -0.15) is 0 Å². The molecule has 0 heterocycles. The summed E-state index contributed by atoms with van der Waals surface area (Å²) >= 11 is 4.77. The van der Waals surface area contributed by atoms with Crippen LogP contribution >= 0.6 is 12.2 Å². The molecule has 0 aliphatic rings. The molecule has 0 unspecified atom stereocenters. The Kier molecular flexibility index (Phi) is 5.28. The van der Waals surface area contributed by atoms with E-state index in [1.54, 1.807) is 0 Å². The van der Waals surface area contributed by atoms with Gasteiger partial charge in [-0.05, 0) is 43.5 Å². The lowest BCUT2D eigenvalue weighted by atomic mass is 9.97. The zero-order valence-electron chi connectivity index (χ0n) is 11.1. The lowest BCUT2D eigenvalue weighted by Crippen LogP contribution is -2.18. The highest BCUT2D eigenvalue weighted by Crippen LogP contribution is 2.25. The average molecular weight is 265 g/mol. The zero-order valence-corrected chi connectivity index (χ0v) is 11.9. The molecule has 0 atom stereocenters. The Morgan fingerprint density at radius 2 is 2.00 bits per heavy atom. The summed E-state index contributed by atoms with van der Waals surface area (Å²) < 4.78 is 5.50. The maximum atomic E-state index is 11.9. The molecular formula is C14H19NO2S. The van der Waals surface area contributed by atoms with Crippen LogP contribution < -0.4 is 10.5 Å². The molecule has 0 aromatic heterocycles. The number of carbonyl (C=O) groups excluding carboxylic acids is 1. The summed E-state index contributed by atoms with van der Waals surface area (Å²) in [5, 5.41) is 0. The van der Waals surface area contributed by atoms with Crippen LogP contribution in [0, 0.1) is 13.8 Å². The molecule has 0 fully saturated rings. The molecule has 0 spiro atoms. The van der Waals surface area contributed by atoms with Crippen molar-refractivity contribution in [1.82, 2.24) is 0 Å². The fourth-order valence-corrected chi connectivity index (χ4v) is 1.82. The predicted octanol–water partition coefficient (Wildman–Crippen LogP) is 2.95. The molecule has 0 radical (unpaired) electrons. The summed E-state index contributed by atoms with van der Waals surface area (Å²) in [4.78, 5) is 12.2. The predicted molar refractivity (Wildman–Crippen MR) is 77.4 cm³/mol. The quantitative estimate of drug-likeness (QED) is 0.634. The van der Waals surface area contributed by atoms with Crippen LogP contribution in [0.25, 0.3) is 0 Å². The van der Waals surface area contributed by atoms with Gasteiger partial charge in [-0.25, -0.2) is 0 Å². The summed E-state index contributed by atoms with van der Waals surface area (Å²) in [5.74, 6) is 0.910. The van der Waals surface area contributed by atoms with E-state index in [1.165, 1.54) is 0 Å². The van der Waals surface area contributed by atoms with Crippen LogP contribution in [0.5, 0.6) is 5.75 Å². The molecule has 0 saturated heterocycles. The third-order valence-corrected chi connectivity index (χ3v) is 3.00. The average Bonchev–Trinajstić information content (AvgIpc) is 2.31. The topological polar surface area (TPSA) is 52.3 Å².